The number of hydrogen-bond acceptors (Lipinski definition) is 6. The lowest BCUT2D eigenvalue weighted by Gasteiger charge is -2.41. The molecule has 0 N–H and O–H groups in total. The van der Waals surface area contributed by atoms with E-state index >= 15 is 0 Å². The molecule has 0 unspecified atom stereocenters. The second-order valence-electron chi connectivity index (χ2n) is 6.73. The Morgan fingerprint density at radius 2 is 1.78 bits per heavy atom. The Morgan fingerprint density at radius 3 is 2.37 bits per heavy atom. The third-order valence-corrected chi connectivity index (χ3v) is 5.02. The molecule has 144 valence electrons. The van der Waals surface area contributed by atoms with Gasteiger partial charge in [-0.25, -0.2) is 0 Å². The zero-order valence-corrected chi connectivity index (χ0v) is 15.9. The maximum Gasteiger partial charge on any atom is 0.269 e. The van der Waals surface area contributed by atoms with Crippen LogP contribution in [0.3, 0.4) is 0 Å². The Morgan fingerprint density at radius 1 is 1.07 bits per heavy atom. The van der Waals surface area contributed by atoms with Gasteiger partial charge in [0, 0.05) is 50.0 Å². The number of hydrogen-bond donors (Lipinski definition) is 0. The molecule has 0 aliphatic carbocycles. The first-order chi connectivity index (χ1) is 13.0. The summed E-state index contributed by atoms with van der Waals surface area (Å²) in [6.07, 6.45) is 0. The fourth-order valence-corrected chi connectivity index (χ4v) is 3.46. The minimum absolute atomic E-state index is 0.124. The fourth-order valence-electron chi connectivity index (χ4n) is 3.46. The summed E-state index contributed by atoms with van der Waals surface area (Å²) in [5.74, 6) is 1.48. The van der Waals surface area contributed by atoms with Crippen LogP contribution in [0.1, 0.15) is 12.5 Å². The van der Waals surface area contributed by atoms with Gasteiger partial charge in [0.1, 0.15) is 0 Å². The Labute approximate surface area is 159 Å². The third-order valence-electron chi connectivity index (χ3n) is 5.02. The highest BCUT2D eigenvalue weighted by atomic mass is 16.6. The van der Waals surface area contributed by atoms with E-state index in [4.69, 9.17) is 9.47 Å². The van der Waals surface area contributed by atoms with E-state index in [1.165, 1.54) is 5.56 Å². The summed E-state index contributed by atoms with van der Waals surface area (Å²) in [7, 11) is 3.28. The van der Waals surface area contributed by atoms with Gasteiger partial charge in [-0.15, -0.1) is 0 Å². The van der Waals surface area contributed by atoms with Gasteiger partial charge >= 0.3 is 0 Å². The Bertz CT molecular complexity index is 794. The van der Waals surface area contributed by atoms with Gasteiger partial charge in [-0.2, -0.15) is 0 Å². The molecule has 2 aromatic rings. The number of nitro groups is 1. The summed E-state index contributed by atoms with van der Waals surface area (Å²) in [4.78, 5) is 15.2. The van der Waals surface area contributed by atoms with Gasteiger partial charge in [-0.1, -0.05) is 6.07 Å². The molecule has 0 radical (unpaired) electrons. The number of nitrogens with zero attached hydrogens (tertiary/aromatic N) is 3. The number of anilines is 1. The van der Waals surface area contributed by atoms with Gasteiger partial charge < -0.3 is 14.4 Å². The summed E-state index contributed by atoms with van der Waals surface area (Å²) in [5, 5.41) is 10.8. The maximum absolute atomic E-state index is 10.8. The lowest BCUT2D eigenvalue weighted by atomic mass is 10.1. The predicted octanol–water partition coefficient (Wildman–Crippen LogP) is 3.32. The van der Waals surface area contributed by atoms with Crippen LogP contribution in [0.25, 0.3) is 0 Å². The molecule has 1 heterocycles. The molecule has 7 nitrogen and oxygen atoms in total. The fraction of sp³-hybridized carbons (Fsp3) is 0.400. The highest BCUT2D eigenvalue weighted by Gasteiger charge is 2.24. The maximum atomic E-state index is 10.8. The normalized spacial score (nSPS) is 17.6. The first kappa shape index (κ1) is 19.0. The lowest BCUT2D eigenvalue weighted by molar-refractivity contribution is -0.384. The highest BCUT2D eigenvalue weighted by Crippen LogP contribution is 2.29. The van der Waals surface area contributed by atoms with Gasteiger partial charge in [-0.3, -0.25) is 15.0 Å². The van der Waals surface area contributed by atoms with E-state index in [0.717, 1.165) is 43.4 Å². The molecule has 7 heteroatoms. The SMILES string of the molecule is COc1ccc(CN2CCN(c3ccc([N+](=O)[O-])cc3)C[C@H]2C)cc1OC. The minimum Gasteiger partial charge on any atom is -0.493 e. The topological polar surface area (TPSA) is 68.1 Å². The summed E-state index contributed by atoms with van der Waals surface area (Å²) >= 11 is 0. The molecule has 1 aliphatic rings. The Kier molecular flexibility index (Phi) is 5.81. The monoisotopic (exact) mass is 371 g/mol. The largest absolute Gasteiger partial charge is 0.493 e. The molecule has 1 aliphatic heterocycles. The summed E-state index contributed by atoms with van der Waals surface area (Å²) < 4.78 is 10.7. The molecule has 1 atom stereocenters. The van der Waals surface area contributed by atoms with Crippen molar-refractivity contribution in [1.82, 2.24) is 4.90 Å². The number of piperazine rings is 1. The van der Waals surface area contributed by atoms with Gasteiger partial charge in [-0.05, 0) is 36.8 Å². The zero-order chi connectivity index (χ0) is 19.4. The number of benzene rings is 2. The van der Waals surface area contributed by atoms with E-state index in [1.807, 2.05) is 24.3 Å². The van der Waals surface area contributed by atoms with E-state index < -0.39 is 0 Å². The second kappa shape index (κ2) is 8.26. The number of ether oxygens (including phenoxy) is 2. The van der Waals surface area contributed by atoms with Crippen LogP contribution in [-0.2, 0) is 6.54 Å². The Hall–Kier alpha value is -2.80. The first-order valence-electron chi connectivity index (χ1n) is 8.96. The number of methoxy groups -OCH3 is 2. The van der Waals surface area contributed by atoms with Crippen molar-refractivity contribution in [2.45, 2.75) is 19.5 Å². The van der Waals surface area contributed by atoms with Crippen LogP contribution in [0.5, 0.6) is 11.5 Å². The molecule has 27 heavy (non-hydrogen) atoms. The lowest BCUT2D eigenvalue weighted by Crippen LogP contribution is -2.51. The van der Waals surface area contributed by atoms with Crippen LogP contribution >= 0.6 is 0 Å². The average Bonchev–Trinajstić information content (AvgIpc) is 2.69. The van der Waals surface area contributed by atoms with Crippen molar-refractivity contribution < 1.29 is 14.4 Å². The van der Waals surface area contributed by atoms with Crippen LogP contribution < -0.4 is 14.4 Å². The van der Waals surface area contributed by atoms with Gasteiger partial charge in [0.25, 0.3) is 5.69 Å². The van der Waals surface area contributed by atoms with Crippen LogP contribution in [0.2, 0.25) is 0 Å². The van der Waals surface area contributed by atoms with E-state index in [2.05, 4.69) is 22.8 Å². The molecule has 1 fully saturated rings. The van der Waals surface area contributed by atoms with Crippen LogP contribution in [0.4, 0.5) is 11.4 Å². The molecule has 0 bridgehead atoms. The second-order valence-corrected chi connectivity index (χ2v) is 6.73. The van der Waals surface area contributed by atoms with Crippen molar-refractivity contribution in [3.8, 4) is 11.5 Å². The smallest absolute Gasteiger partial charge is 0.269 e. The third kappa shape index (κ3) is 4.31. The molecule has 0 spiro atoms. The standard InChI is InChI=1S/C20H25N3O4/c1-15-13-22(17-5-7-18(8-6-17)23(24)25)11-10-21(15)14-16-4-9-19(26-2)20(12-16)27-3/h4-9,12,15H,10-11,13-14H2,1-3H3/t15-/m1/s1. The highest BCUT2D eigenvalue weighted by molar-refractivity contribution is 5.51. The van der Waals surface area contributed by atoms with Crippen LogP contribution in [-0.4, -0.2) is 49.7 Å². The van der Waals surface area contributed by atoms with Crippen molar-refractivity contribution in [1.29, 1.82) is 0 Å². The van der Waals surface area contributed by atoms with Crippen molar-refractivity contribution in [3.05, 3.63) is 58.1 Å². The summed E-state index contributed by atoms with van der Waals surface area (Å²) in [5.41, 5.74) is 2.33. The predicted molar refractivity (Wildman–Crippen MR) is 105 cm³/mol. The number of rotatable bonds is 6. The van der Waals surface area contributed by atoms with Gasteiger partial charge in [0.15, 0.2) is 11.5 Å². The minimum atomic E-state index is -0.368. The summed E-state index contributed by atoms with van der Waals surface area (Å²) in [6, 6.07) is 13.2. The van der Waals surface area contributed by atoms with Gasteiger partial charge in [0.2, 0.25) is 0 Å². The molecular formula is C20H25N3O4. The molecule has 2 aromatic carbocycles. The average molecular weight is 371 g/mol. The van der Waals surface area contributed by atoms with Crippen molar-refractivity contribution >= 4 is 11.4 Å². The molecule has 3 rings (SSSR count). The molecule has 1 saturated heterocycles. The van der Waals surface area contributed by atoms with E-state index in [-0.39, 0.29) is 10.6 Å². The van der Waals surface area contributed by atoms with Crippen LogP contribution in [0.15, 0.2) is 42.5 Å². The molecule has 0 amide bonds. The van der Waals surface area contributed by atoms with E-state index in [0.29, 0.717) is 6.04 Å². The van der Waals surface area contributed by atoms with E-state index in [1.54, 1.807) is 26.4 Å². The first-order valence-corrected chi connectivity index (χ1v) is 8.96. The zero-order valence-electron chi connectivity index (χ0n) is 15.9. The molecule has 0 aromatic heterocycles. The van der Waals surface area contributed by atoms with Gasteiger partial charge in [0.05, 0.1) is 19.1 Å². The van der Waals surface area contributed by atoms with Crippen LogP contribution in [0, 0.1) is 10.1 Å². The quantitative estimate of drug-likeness (QED) is 0.573. The van der Waals surface area contributed by atoms with E-state index in [9.17, 15) is 10.1 Å². The van der Waals surface area contributed by atoms with Crippen molar-refractivity contribution in [2.24, 2.45) is 0 Å². The van der Waals surface area contributed by atoms with Crippen molar-refractivity contribution in [2.75, 3.05) is 38.8 Å². The molecule has 0 saturated carbocycles. The number of non-ortho nitro benzene ring substituents is 1. The Balaban J connectivity index is 1.64. The molecular weight excluding hydrogens is 346 g/mol. The number of nitro benzene ring substituents is 1. The van der Waals surface area contributed by atoms with Crippen molar-refractivity contribution in [3.63, 3.8) is 0 Å². The summed E-state index contributed by atoms with van der Waals surface area (Å²) in [6.45, 7) is 5.74.